The summed E-state index contributed by atoms with van der Waals surface area (Å²) >= 11 is 0. The fourth-order valence-electron chi connectivity index (χ4n) is 1.69. The third-order valence-electron chi connectivity index (χ3n) is 2.57. The van der Waals surface area contributed by atoms with Gasteiger partial charge in [-0.25, -0.2) is 4.79 Å². The minimum absolute atomic E-state index is 0.00169. The molecule has 4 N–H and O–H groups in total. The molecule has 0 radical (unpaired) electrons. The molecule has 0 aliphatic carbocycles. The Morgan fingerprint density at radius 1 is 1.19 bits per heavy atom. The first kappa shape index (κ1) is 16.5. The van der Waals surface area contributed by atoms with E-state index in [-0.39, 0.29) is 24.8 Å². The molecule has 0 saturated carbocycles. The van der Waals surface area contributed by atoms with Crippen molar-refractivity contribution in [2.75, 3.05) is 17.2 Å². The highest BCUT2D eigenvalue weighted by atomic mass is 16.4. The van der Waals surface area contributed by atoms with Crippen LogP contribution in [0.25, 0.3) is 0 Å². The average Bonchev–Trinajstić information content (AvgIpc) is 2.35. The molecule has 3 amide bonds. The van der Waals surface area contributed by atoms with E-state index in [1.54, 1.807) is 31.2 Å². The predicted molar refractivity (Wildman–Crippen MR) is 79.2 cm³/mol. The van der Waals surface area contributed by atoms with Crippen LogP contribution in [0.5, 0.6) is 0 Å². The highest BCUT2D eigenvalue weighted by molar-refractivity contribution is 5.92. The quantitative estimate of drug-likeness (QED) is 0.642. The predicted octanol–water partition coefficient (Wildman–Crippen LogP) is 1.88. The molecule has 7 heteroatoms. The maximum absolute atomic E-state index is 11.7. The van der Waals surface area contributed by atoms with Crippen LogP contribution in [-0.4, -0.2) is 29.6 Å². The van der Waals surface area contributed by atoms with Crippen LogP contribution >= 0.6 is 0 Å². The van der Waals surface area contributed by atoms with Crippen molar-refractivity contribution in [3.63, 3.8) is 0 Å². The van der Waals surface area contributed by atoms with Gasteiger partial charge in [0.25, 0.3) is 0 Å². The smallest absolute Gasteiger partial charge is 0.319 e. The Balaban J connectivity index is 2.47. The second-order valence-corrected chi connectivity index (χ2v) is 4.80. The van der Waals surface area contributed by atoms with Gasteiger partial charge < -0.3 is 21.1 Å². The molecule has 0 aliphatic rings. The number of benzene rings is 1. The molecular weight excluding hydrogens is 274 g/mol. The Bertz CT molecular complexity index is 531. The lowest BCUT2D eigenvalue weighted by molar-refractivity contribution is -0.137. The van der Waals surface area contributed by atoms with E-state index < -0.39 is 12.0 Å². The summed E-state index contributed by atoms with van der Waals surface area (Å²) in [6.45, 7) is 3.41. The number of rotatable bonds is 6. The molecule has 0 heterocycles. The number of carboxylic acid groups (broad SMARTS) is 1. The van der Waals surface area contributed by atoms with E-state index in [0.717, 1.165) is 0 Å². The highest BCUT2D eigenvalue weighted by Crippen LogP contribution is 2.14. The van der Waals surface area contributed by atoms with Crippen molar-refractivity contribution in [3.8, 4) is 0 Å². The van der Waals surface area contributed by atoms with Gasteiger partial charge in [-0.1, -0.05) is 13.0 Å². The van der Waals surface area contributed by atoms with E-state index in [0.29, 0.717) is 11.4 Å². The molecule has 7 nitrogen and oxygen atoms in total. The first-order valence-electron chi connectivity index (χ1n) is 6.51. The molecule has 0 aliphatic heterocycles. The molecule has 0 aromatic heterocycles. The number of aliphatic carboxylic acids is 1. The molecule has 1 rings (SSSR count). The second-order valence-electron chi connectivity index (χ2n) is 4.80. The van der Waals surface area contributed by atoms with Crippen molar-refractivity contribution in [3.05, 3.63) is 24.3 Å². The van der Waals surface area contributed by atoms with Crippen LogP contribution in [0.2, 0.25) is 0 Å². The van der Waals surface area contributed by atoms with Crippen molar-refractivity contribution in [2.24, 2.45) is 5.92 Å². The van der Waals surface area contributed by atoms with Crippen molar-refractivity contribution < 1.29 is 19.5 Å². The van der Waals surface area contributed by atoms with Crippen LogP contribution in [0.15, 0.2) is 24.3 Å². The van der Waals surface area contributed by atoms with Crippen LogP contribution < -0.4 is 16.0 Å². The lowest BCUT2D eigenvalue weighted by atomic mass is 10.1. The van der Waals surface area contributed by atoms with E-state index in [9.17, 15) is 14.4 Å². The minimum atomic E-state index is -0.896. The SMILES string of the molecule is CC(=O)Nc1cccc(NC(=O)NCC(C)CC(=O)O)c1. The molecule has 114 valence electrons. The molecule has 1 aromatic carbocycles. The van der Waals surface area contributed by atoms with Crippen LogP contribution in [0.1, 0.15) is 20.3 Å². The zero-order chi connectivity index (χ0) is 15.8. The zero-order valence-corrected chi connectivity index (χ0v) is 12.0. The van der Waals surface area contributed by atoms with Gasteiger partial charge in [0.1, 0.15) is 0 Å². The van der Waals surface area contributed by atoms with E-state index in [1.807, 2.05) is 0 Å². The minimum Gasteiger partial charge on any atom is -0.481 e. The summed E-state index contributed by atoms with van der Waals surface area (Å²) in [6.07, 6.45) is -0.00169. The van der Waals surface area contributed by atoms with E-state index in [1.165, 1.54) is 6.92 Å². The lowest BCUT2D eigenvalue weighted by Gasteiger charge is -2.12. The molecule has 21 heavy (non-hydrogen) atoms. The van der Waals surface area contributed by atoms with Gasteiger partial charge in [0, 0.05) is 31.3 Å². The lowest BCUT2D eigenvalue weighted by Crippen LogP contribution is -2.33. The number of amides is 3. The van der Waals surface area contributed by atoms with Gasteiger partial charge in [-0.05, 0) is 24.1 Å². The van der Waals surface area contributed by atoms with Crippen molar-refractivity contribution in [1.29, 1.82) is 0 Å². The van der Waals surface area contributed by atoms with E-state index in [2.05, 4.69) is 16.0 Å². The molecule has 1 aromatic rings. The van der Waals surface area contributed by atoms with Crippen molar-refractivity contribution in [2.45, 2.75) is 20.3 Å². The Kier molecular flexibility index (Phi) is 6.19. The molecular formula is C14H19N3O4. The van der Waals surface area contributed by atoms with Crippen LogP contribution in [-0.2, 0) is 9.59 Å². The normalized spacial score (nSPS) is 11.3. The van der Waals surface area contributed by atoms with Crippen molar-refractivity contribution >= 4 is 29.3 Å². The molecule has 0 spiro atoms. The zero-order valence-electron chi connectivity index (χ0n) is 12.0. The second kappa shape index (κ2) is 7.88. The Hall–Kier alpha value is -2.57. The summed E-state index contributed by atoms with van der Waals surface area (Å²) in [4.78, 5) is 33.1. The Morgan fingerprint density at radius 2 is 1.81 bits per heavy atom. The summed E-state index contributed by atoms with van der Waals surface area (Å²) in [5.74, 6) is -1.24. The summed E-state index contributed by atoms with van der Waals surface area (Å²) in [6, 6.07) is 6.30. The summed E-state index contributed by atoms with van der Waals surface area (Å²) in [5, 5.41) is 16.4. The standard InChI is InChI=1S/C14H19N3O4/c1-9(6-13(19)20)8-15-14(21)17-12-5-3-4-11(7-12)16-10(2)18/h3-5,7,9H,6,8H2,1-2H3,(H,16,18)(H,19,20)(H2,15,17,21). The summed E-state index contributed by atoms with van der Waals surface area (Å²) < 4.78 is 0. The largest absolute Gasteiger partial charge is 0.481 e. The van der Waals surface area contributed by atoms with E-state index >= 15 is 0 Å². The fraction of sp³-hybridized carbons (Fsp3) is 0.357. The number of anilines is 2. The molecule has 1 atom stereocenters. The van der Waals surface area contributed by atoms with Crippen LogP contribution in [0, 0.1) is 5.92 Å². The van der Waals surface area contributed by atoms with Crippen LogP contribution in [0.4, 0.5) is 16.2 Å². The van der Waals surface area contributed by atoms with Gasteiger partial charge in [0.05, 0.1) is 0 Å². The van der Waals surface area contributed by atoms with Gasteiger partial charge in [0.15, 0.2) is 0 Å². The Morgan fingerprint density at radius 3 is 2.38 bits per heavy atom. The maximum atomic E-state index is 11.7. The highest BCUT2D eigenvalue weighted by Gasteiger charge is 2.09. The Labute approximate surface area is 122 Å². The molecule has 0 fully saturated rings. The third-order valence-corrected chi connectivity index (χ3v) is 2.57. The van der Waals surface area contributed by atoms with Gasteiger partial charge in [-0.15, -0.1) is 0 Å². The number of carboxylic acids is 1. The third kappa shape index (κ3) is 6.95. The topological polar surface area (TPSA) is 108 Å². The molecule has 0 bridgehead atoms. The van der Waals surface area contributed by atoms with Gasteiger partial charge in [-0.3, -0.25) is 9.59 Å². The monoisotopic (exact) mass is 293 g/mol. The fourth-order valence-corrected chi connectivity index (χ4v) is 1.69. The number of nitrogens with one attached hydrogen (secondary N) is 3. The number of hydrogen-bond donors (Lipinski definition) is 4. The number of urea groups is 1. The first-order chi connectivity index (χ1) is 9.86. The van der Waals surface area contributed by atoms with Gasteiger partial charge in [0.2, 0.25) is 5.91 Å². The average molecular weight is 293 g/mol. The molecule has 1 unspecified atom stereocenters. The van der Waals surface area contributed by atoms with Gasteiger partial charge in [-0.2, -0.15) is 0 Å². The number of hydrogen-bond acceptors (Lipinski definition) is 3. The van der Waals surface area contributed by atoms with Gasteiger partial charge >= 0.3 is 12.0 Å². The van der Waals surface area contributed by atoms with Crippen LogP contribution in [0.3, 0.4) is 0 Å². The van der Waals surface area contributed by atoms with Crippen molar-refractivity contribution in [1.82, 2.24) is 5.32 Å². The number of carbonyl (C=O) groups is 3. The summed E-state index contributed by atoms with van der Waals surface area (Å²) in [5.41, 5.74) is 1.11. The summed E-state index contributed by atoms with van der Waals surface area (Å²) in [7, 11) is 0. The number of carbonyl (C=O) groups excluding carboxylic acids is 2. The van der Waals surface area contributed by atoms with E-state index in [4.69, 9.17) is 5.11 Å². The molecule has 0 saturated heterocycles. The first-order valence-corrected chi connectivity index (χ1v) is 6.51. The maximum Gasteiger partial charge on any atom is 0.319 e.